The van der Waals surface area contributed by atoms with Gasteiger partial charge in [0.1, 0.15) is 43.2 Å². The number of hydrogen-bond donors (Lipinski definition) is 3. The van der Waals surface area contributed by atoms with Crippen LogP contribution in [-0.2, 0) is 84.2 Å². The van der Waals surface area contributed by atoms with Crippen molar-refractivity contribution in [3.63, 3.8) is 0 Å². The fraction of sp³-hybridized carbons (Fsp3) is 0.808. The largest absolute Gasteiger partial charge is 0.462 e. The quantitative estimate of drug-likeness (QED) is 0.0241. The van der Waals surface area contributed by atoms with Gasteiger partial charge in [-0.3, -0.25) is 28.8 Å². The Morgan fingerprint density at radius 2 is 0.780 bits per heavy atom. The molecule has 0 radical (unpaired) electrons. The number of aryl methyl sites for hydroxylation is 1. The SMILES string of the molecule is CCCCCCCCCCC[C@H](CC(=O)NC1C(OC[C@H](NC(=O)C[C@@H](CCCCCCCCCCC)OC(=O)CCCCCCCCc2ccccc2)C(=O)OCc2ccccc2)OC(CO[Si](C)(C)C(C)(C)C)C(O)C1OC(=O)C[C@@H](CCCCCCCCCCC)OC(=O)CCCCCCCCC)OC(=O)CCCCCCCCC. The van der Waals surface area contributed by atoms with Crippen LogP contribution in [0.2, 0.25) is 18.1 Å². The minimum atomic E-state index is -2.62. The summed E-state index contributed by atoms with van der Waals surface area (Å²) in [4.78, 5) is 102. The van der Waals surface area contributed by atoms with Crippen LogP contribution in [0.5, 0.6) is 0 Å². The second-order valence-corrected chi connectivity index (χ2v) is 40.7. The Balaban J connectivity index is 2.16. The summed E-state index contributed by atoms with van der Waals surface area (Å²) < 4.78 is 51.6. The van der Waals surface area contributed by atoms with Crippen LogP contribution >= 0.6 is 0 Å². The zero-order valence-corrected chi connectivity index (χ0v) is 77.5. The molecule has 9 atom stereocenters. The van der Waals surface area contributed by atoms with Crippen LogP contribution in [0.1, 0.15) is 426 Å². The standard InChI is InChI=1S/C99H172N2O16Si/c1-11-16-21-26-31-34-39-45-58-69-83(113-90(104)73-63-50-43-42-44-53-64-81-65-54-51-55-66-81)75-88(102)100-86(97(109)110-78-82-67-56-52-57-68-82)79-111-98-94(101-89(103)76-84(70-59-46-40-35-32-27-22-17-12-2)114-91(105)72-61-48-37-29-24-19-14-4)96(95(108)87(116-98)80-112-118(9,10)99(6,7)8)117-93(107)77-85(71-60-47-41-36-33-28-23-18-13-3)115-92(106)74-62-49-38-30-25-20-15-5/h51-52,54-57,65-68,83-87,94-96,98,108H,11-50,53,58-64,69-80H2,1-10H3,(H,100,102)(H,101,103)/t83-,84-,85-,86+,87?,94?,95?,96?,98?/m1/s1. The van der Waals surface area contributed by atoms with Gasteiger partial charge in [-0.1, -0.05) is 373 Å². The van der Waals surface area contributed by atoms with E-state index in [1.54, 1.807) is 0 Å². The number of nitrogens with one attached hydrogen (secondary N) is 2. The molecule has 2 amide bonds. The van der Waals surface area contributed by atoms with E-state index in [0.29, 0.717) is 56.9 Å². The Bertz CT molecular complexity index is 2840. The maximum Gasteiger partial charge on any atom is 0.331 e. The molecule has 3 N–H and O–H groups in total. The second-order valence-electron chi connectivity index (χ2n) is 35.8. The number of aliphatic hydroxyl groups is 1. The monoisotopic (exact) mass is 1670 g/mol. The number of hydrogen-bond acceptors (Lipinski definition) is 16. The van der Waals surface area contributed by atoms with Gasteiger partial charge in [0.15, 0.2) is 26.8 Å². The van der Waals surface area contributed by atoms with Gasteiger partial charge in [0, 0.05) is 19.3 Å². The molecule has 0 saturated carbocycles. The Morgan fingerprint density at radius 1 is 0.432 bits per heavy atom. The van der Waals surface area contributed by atoms with Gasteiger partial charge in [-0.25, -0.2) is 4.79 Å². The Labute approximate surface area is 719 Å². The van der Waals surface area contributed by atoms with Crippen LogP contribution in [0.25, 0.3) is 0 Å². The summed E-state index contributed by atoms with van der Waals surface area (Å²) in [5.41, 5.74) is 2.03. The van der Waals surface area contributed by atoms with Crippen LogP contribution in [0.4, 0.5) is 0 Å². The Kier molecular flexibility index (Phi) is 62.8. The molecular weight excluding hydrogens is 1500 g/mol. The van der Waals surface area contributed by atoms with Crippen LogP contribution in [-0.4, -0.2) is 123 Å². The van der Waals surface area contributed by atoms with Crippen molar-refractivity contribution in [1.82, 2.24) is 10.6 Å². The first-order valence-corrected chi connectivity index (χ1v) is 51.2. The Hall–Kier alpha value is -5.21. The van der Waals surface area contributed by atoms with Gasteiger partial charge in [0.05, 0.1) is 32.5 Å². The summed E-state index contributed by atoms with van der Waals surface area (Å²) in [6.07, 6.45) is 42.6. The minimum Gasteiger partial charge on any atom is -0.462 e. The summed E-state index contributed by atoms with van der Waals surface area (Å²) in [7, 11) is -2.62. The third-order valence-corrected chi connectivity index (χ3v) is 28.4. The molecule has 0 aromatic heterocycles. The molecule has 19 heteroatoms. The van der Waals surface area contributed by atoms with Crippen molar-refractivity contribution in [2.75, 3.05) is 13.2 Å². The fourth-order valence-electron chi connectivity index (χ4n) is 15.3. The molecule has 3 rings (SSSR count). The summed E-state index contributed by atoms with van der Waals surface area (Å²) in [5, 5.41) is 18.6. The molecule has 1 aliphatic heterocycles. The topological polar surface area (TPSA) is 238 Å². The van der Waals surface area contributed by atoms with Crippen LogP contribution in [0.15, 0.2) is 60.7 Å². The fourth-order valence-corrected chi connectivity index (χ4v) is 16.3. The minimum absolute atomic E-state index is 0.146. The molecule has 1 aliphatic rings. The van der Waals surface area contributed by atoms with E-state index in [1.165, 1.54) is 95.5 Å². The van der Waals surface area contributed by atoms with Gasteiger partial charge in [-0.05, 0) is 99.9 Å². The van der Waals surface area contributed by atoms with E-state index in [1.807, 2.05) is 36.4 Å². The number of benzene rings is 2. The molecule has 0 aliphatic carbocycles. The maximum absolute atomic E-state index is 15.3. The lowest BCUT2D eigenvalue weighted by molar-refractivity contribution is -0.274. The molecule has 2 aromatic rings. The first-order chi connectivity index (χ1) is 57.1. The molecule has 5 unspecified atom stereocenters. The van der Waals surface area contributed by atoms with Gasteiger partial charge in [-0.15, -0.1) is 0 Å². The molecular formula is C99H172N2O16Si. The highest BCUT2D eigenvalue weighted by Gasteiger charge is 2.51. The number of ether oxygens (including phenoxy) is 7. The zero-order valence-electron chi connectivity index (χ0n) is 76.5. The number of aliphatic hydroxyl groups excluding tert-OH is 1. The van der Waals surface area contributed by atoms with Crippen molar-refractivity contribution in [3.8, 4) is 0 Å². The van der Waals surface area contributed by atoms with Gasteiger partial charge < -0.3 is 53.3 Å². The van der Waals surface area contributed by atoms with Crippen LogP contribution in [0.3, 0.4) is 0 Å². The van der Waals surface area contributed by atoms with E-state index in [-0.39, 0.29) is 68.7 Å². The van der Waals surface area contributed by atoms with Crippen LogP contribution in [0, 0.1) is 0 Å². The van der Waals surface area contributed by atoms with Gasteiger partial charge in [-0.2, -0.15) is 0 Å². The van der Waals surface area contributed by atoms with Crippen LogP contribution < -0.4 is 10.6 Å². The molecule has 0 spiro atoms. The van der Waals surface area contributed by atoms with E-state index >= 15 is 9.59 Å². The molecule has 678 valence electrons. The number of amides is 2. The van der Waals surface area contributed by atoms with Gasteiger partial charge in [0.2, 0.25) is 11.8 Å². The molecule has 118 heavy (non-hydrogen) atoms. The van der Waals surface area contributed by atoms with Crippen molar-refractivity contribution in [2.45, 2.75) is 501 Å². The summed E-state index contributed by atoms with van der Waals surface area (Å²) in [5.74, 6) is -3.99. The van der Waals surface area contributed by atoms with Crippen molar-refractivity contribution in [3.05, 3.63) is 71.8 Å². The van der Waals surface area contributed by atoms with Crippen molar-refractivity contribution in [1.29, 1.82) is 0 Å². The molecule has 0 bridgehead atoms. The lowest BCUT2D eigenvalue weighted by Gasteiger charge is -2.45. The predicted molar refractivity (Wildman–Crippen MR) is 480 cm³/mol. The first kappa shape index (κ1) is 107. The van der Waals surface area contributed by atoms with Gasteiger partial charge in [0.25, 0.3) is 0 Å². The zero-order chi connectivity index (χ0) is 86.0. The van der Waals surface area contributed by atoms with E-state index in [9.17, 15) is 29.1 Å². The average molecular weight is 1670 g/mol. The lowest BCUT2D eigenvalue weighted by Crippen LogP contribution is -2.67. The maximum atomic E-state index is 15.3. The number of carbonyl (C=O) groups excluding carboxylic acids is 7. The highest BCUT2D eigenvalue weighted by Crippen LogP contribution is 2.38. The smallest absolute Gasteiger partial charge is 0.331 e. The van der Waals surface area contributed by atoms with Crippen molar-refractivity contribution in [2.24, 2.45) is 0 Å². The van der Waals surface area contributed by atoms with Crippen molar-refractivity contribution < 1.29 is 76.3 Å². The number of carbonyl (C=O) groups is 7. The normalized spacial score (nSPS) is 16.7. The summed E-state index contributed by atoms with van der Waals surface area (Å²) in [6.45, 7) is 20.5. The Morgan fingerprint density at radius 3 is 1.17 bits per heavy atom. The highest BCUT2D eigenvalue weighted by molar-refractivity contribution is 6.74. The number of rotatable bonds is 76. The molecule has 1 saturated heterocycles. The van der Waals surface area contributed by atoms with E-state index in [4.69, 9.17) is 37.6 Å². The summed E-state index contributed by atoms with van der Waals surface area (Å²) >= 11 is 0. The molecule has 2 aromatic carbocycles. The third kappa shape index (κ3) is 53.6. The first-order valence-electron chi connectivity index (χ1n) is 48.3. The third-order valence-electron chi connectivity index (χ3n) is 23.9. The highest BCUT2D eigenvalue weighted by atomic mass is 28.4. The van der Waals surface area contributed by atoms with Crippen molar-refractivity contribution >= 4 is 50.0 Å². The summed E-state index contributed by atoms with van der Waals surface area (Å²) in [6, 6.07) is 16.6. The molecule has 1 fully saturated rings. The second kappa shape index (κ2) is 69.2. The molecule has 1 heterocycles. The molecule has 18 nitrogen and oxygen atoms in total. The average Bonchev–Trinajstić information content (AvgIpc) is 0.785. The van der Waals surface area contributed by atoms with E-state index in [2.05, 4.69) is 103 Å². The predicted octanol–water partition coefficient (Wildman–Crippen LogP) is 24.7. The van der Waals surface area contributed by atoms with Gasteiger partial charge >= 0.3 is 29.8 Å². The number of unbranched alkanes of at least 4 members (excludes halogenated alkanes) is 41. The van der Waals surface area contributed by atoms with E-state index in [0.717, 1.165) is 186 Å². The lowest BCUT2D eigenvalue weighted by atomic mass is 9.95. The number of esters is 5. The van der Waals surface area contributed by atoms with E-state index < -0.39 is 99.6 Å².